The smallest absolute Gasteiger partial charge is 0.0938 e. The van der Waals surface area contributed by atoms with Gasteiger partial charge in [0, 0.05) is 25.7 Å². The largest absolute Gasteiger partial charge is 0.389 e. The molecule has 0 spiro atoms. The molecule has 0 radical (unpaired) electrons. The standard InChI is InChI=1S/C15H30N2O2/c1-4-16-12-5-6-15(2,3)7-11(12)8-17-9-13(18)14(19)10-17/h11-14,16,18-19H,4-10H2,1-3H3. The minimum Gasteiger partial charge on any atom is -0.389 e. The Bertz CT molecular complexity index is 286. The van der Waals surface area contributed by atoms with Crippen LogP contribution in [0.2, 0.25) is 0 Å². The molecule has 1 saturated heterocycles. The van der Waals surface area contributed by atoms with Crippen molar-refractivity contribution >= 4 is 0 Å². The summed E-state index contributed by atoms with van der Waals surface area (Å²) in [6.45, 7) is 10.1. The van der Waals surface area contributed by atoms with E-state index in [1.807, 2.05) is 0 Å². The fourth-order valence-electron chi connectivity index (χ4n) is 3.79. The number of rotatable bonds is 4. The van der Waals surface area contributed by atoms with Gasteiger partial charge in [-0.25, -0.2) is 0 Å². The molecular formula is C15H30N2O2. The maximum atomic E-state index is 9.66. The first-order valence-electron chi connectivity index (χ1n) is 7.73. The first kappa shape index (κ1) is 15.2. The molecule has 0 bridgehead atoms. The molecule has 0 amide bonds. The van der Waals surface area contributed by atoms with Gasteiger partial charge in [-0.15, -0.1) is 0 Å². The van der Waals surface area contributed by atoms with Crippen molar-refractivity contribution in [3.8, 4) is 0 Å². The van der Waals surface area contributed by atoms with E-state index in [1.54, 1.807) is 0 Å². The molecule has 1 aliphatic carbocycles. The van der Waals surface area contributed by atoms with Crippen LogP contribution in [-0.4, -0.2) is 59.5 Å². The third kappa shape index (κ3) is 3.91. The van der Waals surface area contributed by atoms with Crippen LogP contribution in [0, 0.1) is 11.3 Å². The van der Waals surface area contributed by atoms with E-state index in [9.17, 15) is 10.2 Å². The molecule has 4 atom stereocenters. The summed E-state index contributed by atoms with van der Waals surface area (Å²) in [6.07, 6.45) is 2.63. The number of nitrogens with zero attached hydrogens (tertiary/aromatic N) is 1. The fourth-order valence-corrected chi connectivity index (χ4v) is 3.79. The number of aliphatic hydroxyl groups is 2. The highest BCUT2D eigenvalue weighted by Crippen LogP contribution is 2.39. The Hall–Kier alpha value is -0.160. The van der Waals surface area contributed by atoms with Gasteiger partial charge in [0.05, 0.1) is 12.2 Å². The van der Waals surface area contributed by atoms with Crippen molar-refractivity contribution in [3.05, 3.63) is 0 Å². The highest BCUT2D eigenvalue weighted by atomic mass is 16.3. The molecule has 1 heterocycles. The molecule has 1 saturated carbocycles. The molecular weight excluding hydrogens is 240 g/mol. The van der Waals surface area contributed by atoms with Crippen LogP contribution >= 0.6 is 0 Å². The molecule has 2 aliphatic rings. The second-order valence-corrected chi connectivity index (χ2v) is 7.18. The van der Waals surface area contributed by atoms with Crippen molar-refractivity contribution in [2.45, 2.75) is 58.3 Å². The molecule has 4 heteroatoms. The molecule has 0 aromatic heterocycles. The lowest BCUT2D eigenvalue weighted by Crippen LogP contribution is -2.47. The summed E-state index contributed by atoms with van der Waals surface area (Å²) in [5.41, 5.74) is 0.424. The second kappa shape index (κ2) is 6.08. The van der Waals surface area contributed by atoms with Crippen LogP contribution in [0.5, 0.6) is 0 Å². The molecule has 2 rings (SSSR count). The lowest BCUT2D eigenvalue weighted by atomic mass is 9.69. The zero-order valence-corrected chi connectivity index (χ0v) is 12.6. The Morgan fingerprint density at radius 1 is 1.21 bits per heavy atom. The maximum Gasteiger partial charge on any atom is 0.0938 e. The van der Waals surface area contributed by atoms with Crippen molar-refractivity contribution in [2.75, 3.05) is 26.2 Å². The highest BCUT2D eigenvalue weighted by molar-refractivity contribution is 4.92. The van der Waals surface area contributed by atoms with Gasteiger partial charge in [-0.3, -0.25) is 4.90 Å². The number of likely N-dealkylation sites (tertiary alicyclic amines) is 1. The summed E-state index contributed by atoms with van der Waals surface area (Å²) in [5.74, 6) is 0.626. The molecule has 4 nitrogen and oxygen atoms in total. The summed E-state index contributed by atoms with van der Waals surface area (Å²) < 4.78 is 0. The zero-order chi connectivity index (χ0) is 14.0. The summed E-state index contributed by atoms with van der Waals surface area (Å²) in [4.78, 5) is 2.23. The van der Waals surface area contributed by atoms with E-state index >= 15 is 0 Å². The lowest BCUT2D eigenvalue weighted by Gasteiger charge is -2.42. The van der Waals surface area contributed by atoms with Gasteiger partial charge in [-0.2, -0.15) is 0 Å². The van der Waals surface area contributed by atoms with Gasteiger partial charge in [0.1, 0.15) is 0 Å². The highest BCUT2D eigenvalue weighted by Gasteiger charge is 2.37. The SMILES string of the molecule is CCNC1CCC(C)(C)CC1CN1CC(O)C(O)C1. The minimum atomic E-state index is -0.561. The van der Waals surface area contributed by atoms with Gasteiger partial charge in [0.15, 0.2) is 0 Å². The normalized spacial score (nSPS) is 39.6. The van der Waals surface area contributed by atoms with Crippen molar-refractivity contribution in [2.24, 2.45) is 11.3 Å². The van der Waals surface area contributed by atoms with Gasteiger partial charge >= 0.3 is 0 Å². The van der Waals surface area contributed by atoms with E-state index in [4.69, 9.17) is 0 Å². The van der Waals surface area contributed by atoms with Crippen LogP contribution in [0.1, 0.15) is 40.0 Å². The average Bonchev–Trinajstić information content (AvgIpc) is 2.61. The summed E-state index contributed by atoms with van der Waals surface area (Å²) >= 11 is 0. The molecule has 1 aliphatic heterocycles. The number of β-amino-alcohol motifs (C(OH)–C–C–N with tert-alkyl or cyclic N) is 2. The van der Waals surface area contributed by atoms with E-state index in [0.29, 0.717) is 30.5 Å². The Morgan fingerprint density at radius 3 is 2.42 bits per heavy atom. The van der Waals surface area contributed by atoms with Crippen LogP contribution in [0.25, 0.3) is 0 Å². The first-order valence-corrected chi connectivity index (χ1v) is 7.73. The number of nitrogens with one attached hydrogen (secondary N) is 1. The predicted octanol–water partition coefficient (Wildman–Crippen LogP) is 0.828. The predicted molar refractivity (Wildman–Crippen MR) is 77.0 cm³/mol. The Kier molecular flexibility index (Phi) is 4.88. The first-order chi connectivity index (χ1) is 8.91. The van der Waals surface area contributed by atoms with Gasteiger partial charge in [0.2, 0.25) is 0 Å². The van der Waals surface area contributed by atoms with Gasteiger partial charge in [-0.05, 0) is 37.1 Å². The molecule has 0 aromatic rings. The van der Waals surface area contributed by atoms with Gasteiger partial charge < -0.3 is 15.5 Å². The van der Waals surface area contributed by atoms with E-state index in [2.05, 4.69) is 31.0 Å². The third-order valence-corrected chi connectivity index (χ3v) is 4.81. The summed E-state index contributed by atoms with van der Waals surface area (Å²) in [5, 5.41) is 22.9. The van der Waals surface area contributed by atoms with Crippen molar-refractivity contribution in [1.29, 1.82) is 0 Å². The Balaban J connectivity index is 1.94. The second-order valence-electron chi connectivity index (χ2n) is 7.18. The Labute approximate surface area is 117 Å². The minimum absolute atomic E-state index is 0.424. The average molecular weight is 270 g/mol. The summed E-state index contributed by atoms with van der Waals surface area (Å²) in [6, 6.07) is 0.591. The van der Waals surface area contributed by atoms with Crippen molar-refractivity contribution in [3.63, 3.8) is 0 Å². The van der Waals surface area contributed by atoms with Crippen LogP contribution < -0.4 is 5.32 Å². The molecule has 0 aromatic carbocycles. The monoisotopic (exact) mass is 270 g/mol. The van der Waals surface area contributed by atoms with Crippen LogP contribution in [0.15, 0.2) is 0 Å². The summed E-state index contributed by atoms with van der Waals surface area (Å²) in [7, 11) is 0. The van der Waals surface area contributed by atoms with E-state index in [0.717, 1.165) is 13.1 Å². The number of hydrogen-bond acceptors (Lipinski definition) is 4. The van der Waals surface area contributed by atoms with Crippen molar-refractivity contribution in [1.82, 2.24) is 10.2 Å². The molecule has 19 heavy (non-hydrogen) atoms. The lowest BCUT2D eigenvalue weighted by molar-refractivity contribution is 0.0572. The van der Waals surface area contributed by atoms with Crippen LogP contribution in [0.4, 0.5) is 0 Å². The van der Waals surface area contributed by atoms with E-state index in [1.165, 1.54) is 19.3 Å². The van der Waals surface area contributed by atoms with E-state index < -0.39 is 12.2 Å². The maximum absolute atomic E-state index is 9.66. The molecule has 112 valence electrons. The van der Waals surface area contributed by atoms with Gasteiger partial charge in [-0.1, -0.05) is 20.8 Å². The van der Waals surface area contributed by atoms with E-state index in [-0.39, 0.29) is 0 Å². The zero-order valence-electron chi connectivity index (χ0n) is 12.6. The molecule has 4 unspecified atom stereocenters. The number of hydrogen-bond donors (Lipinski definition) is 3. The third-order valence-electron chi connectivity index (χ3n) is 4.81. The topological polar surface area (TPSA) is 55.7 Å². The van der Waals surface area contributed by atoms with Gasteiger partial charge in [0.25, 0.3) is 0 Å². The Morgan fingerprint density at radius 2 is 1.84 bits per heavy atom. The molecule has 2 fully saturated rings. The molecule has 3 N–H and O–H groups in total. The quantitative estimate of drug-likeness (QED) is 0.708. The fraction of sp³-hybridized carbons (Fsp3) is 1.00. The van der Waals surface area contributed by atoms with Crippen molar-refractivity contribution < 1.29 is 10.2 Å². The number of aliphatic hydroxyl groups excluding tert-OH is 2. The van der Waals surface area contributed by atoms with Crippen LogP contribution in [-0.2, 0) is 0 Å². The van der Waals surface area contributed by atoms with Crippen LogP contribution in [0.3, 0.4) is 0 Å².